The van der Waals surface area contributed by atoms with Crippen LogP contribution in [0, 0.1) is 0 Å². The molecule has 0 aliphatic carbocycles. The maximum Gasteiger partial charge on any atom is 0.488 e. The Kier molecular flexibility index (Phi) is 3.47. The van der Waals surface area contributed by atoms with E-state index >= 15 is 0 Å². The topological polar surface area (TPSA) is 49.7 Å². The van der Waals surface area contributed by atoms with E-state index in [-0.39, 0.29) is 0 Å². The average molecular weight is 228 g/mol. The molecule has 0 aliphatic heterocycles. The number of hydrogen-bond donors (Lipinski definition) is 2. The summed E-state index contributed by atoms with van der Waals surface area (Å²) >= 11 is 0. The summed E-state index contributed by atoms with van der Waals surface area (Å²) in [5.74, 6) is 0.798. The predicted molar refractivity (Wildman–Crippen MR) is 68.3 cm³/mol. The van der Waals surface area contributed by atoms with Gasteiger partial charge in [-0.2, -0.15) is 0 Å². The Balaban J connectivity index is 2.35. The molecule has 0 saturated heterocycles. The summed E-state index contributed by atoms with van der Waals surface area (Å²) in [6, 6.07) is 14.8. The van der Waals surface area contributed by atoms with Gasteiger partial charge in [-0.3, -0.25) is 0 Å². The lowest BCUT2D eigenvalue weighted by Crippen LogP contribution is -2.29. The zero-order valence-corrected chi connectivity index (χ0v) is 9.50. The van der Waals surface area contributed by atoms with Crippen LogP contribution in [0.5, 0.6) is 5.75 Å². The Bertz CT molecular complexity index is 494. The van der Waals surface area contributed by atoms with Crippen LogP contribution in [0.3, 0.4) is 0 Å². The third-order valence-electron chi connectivity index (χ3n) is 2.61. The lowest BCUT2D eigenvalue weighted by molar-refractivity contribution is 0.415. The highest BCUT2D eigenvalue weighted by Crippen LogP contribution is 2.21. The minimum atomic E-state index is -1.44. The molecule has 3 nitrogen and oxygen atoms in total. The SMILES string of the molecule is COc1ccc(-c2cccc(B(O)O)c2)cc1. The summed E-state index contributed by atoms with van der Waals surface area (Å²) in [5.41, 5.74) is 2.44. The highest BCUT2D eigenvalue weighted by molar-refractivity contribution is 6.58. The Hall–Kier alpha value is -1.78. The molecule has 0 saturated carbocycles. The first-order valence-electron chi connectivity index (χ1n) is 5.31. The first-order valence-corrected chi connectivity index (χ1v) is 5.31. The molecule has 4 heteroatoms. The van der Waals surface area contributed by atoms with Gasteiger partial charge in [0.2, 0.25) is 0 Å². The van der Waals surface area contributed by atoms with Gasteiger partial charge in [0, 0.05) is 0 Å². The molecule has 0 amide bonds. The molecule has 0 bridgehead atoms. The van der Waals surface area contributed by atoms with Crippen molar-refractivity contribution in [2.45, 2.75) is 0 Å². The largest absolute Gasteiger partial charge is 0.497 e. The van der Waals surface area contributed by atoms with Crippen molar-refractivity contribution in [1.29, 1.82) is 0 Å². The number of rotatable bonds is 3. The molecule has 2 rings (SSSR count). The van der Waals surface area contributed by atoms with E-state index in [2.05, 4.69) is 0 Å². The first kappa shape index (κ1) is 11.7. The van der Waals surface area contributed by atoms with Crippen molar-refractivity contribution in [2.75, 3.05) is 7.11 Å². The van der Waals surface area contributed by atoms with Crippen LogP contribution in [-0.2, 0) is 0 Å². The zero-order valence-electron chi connectivity index (χ0n) is 9.50. The molecule has 2 N–H and O–H groups in total. The van der Waals surface area contributed by atoms with E-state index in [0.29, 0.717) is 5.46 Å². The fraction of sp³-hybridized carbons (Fsp3) is 0.0769. The quantitative estimate of drug-likeness (QED) is 0.771. The molecule has 86 valence electrons. The molecule has 0 heterocycles. The third-order valence-corrected chi connectivity index (χ3v) is 2.61. The smallest absolute Gasteiger partial charge is 0.488 e. The van der Waals surface area contributed by atoms with Gasteiger partial charge in [-0.15, -0.1) is 0 Å². The van der Waals surface area contributed by atoms with Gasteiger partial charge in [-0.05, 0) is 28.7 Å². The van der Waals surface area contributed by atoms with Crippen molar-refractivity contribution < 1.29 is 14.8 Å². The van der Waals surface area contributed by atoms with E-state index in [1.54, 1.807) is 25.3 Å². The van der Waals surface area contributed by atoms with Crippen molar-refractivity contribution in [2.24, 2.45) is 0 Å². The van der Waals surface area contributed by atoms with Crippen LogP contribution in [0.25, 0.3) is 11.1 Å². The zero-order chi connectivity index (χ0) is 12.3. The normalized spacial score (nSPS) is 10.1. The second kappa shape index (κ2) is 5.04. The summed E-state index contributed by atoms with van der Waals surface area (Å²) in [4.78, 5) is 0. The molecule has 0 atom stereocenters. The number of methoxy groups -OCH3 is 1. The predicted octanol–water partition coefficient (Wildman–Crippen LogP) is 1.04. The van der Waals surface area contributed by atoms with Gasteiger partial charge < -0.3 is 14.8 Å². The van der Waals surface area contributed by atoms with E-state index in [1.807, 2.05) is 30.3 Å². The lowest BCUT2D eigenvalue weighted by atomic mass is 9.79. The van der Waals surface area contributed by atoms with Crippen molar-refractivity contribution >= 4 is 12.6 Å². The monoisotopic (exact) mass is 228 g/mol. The van der Waals surface area contributed by atoms with E-state index in [0.717, 1.165) is 16.9 Å². The molecule has 0 unspecified atom stereocenters. The number of ether oxygens (including phenoxy) is 1. The van der Waals surface area contributed by atoms with Crippen LogP contribution in [0.15, 0.2) is 48.5 Å². The Morgan fingerprint density at radius 3 is 2.24 bits per heavy atom. The van der Waals surface area contributed by atoms with Crippen LogP contribution in [-0.4, -0.2) is 24.3 Å². The molecule has 0 spiro atoms. The van der Waals surface area contributed by atoms with E-state index in [1.165, 1.54) is 0 Å². The van der Waals surface area contributed by atoms with Crippen molar-refractivity contribution in [1.82, 2.24) is 0 Å². The summed E-state index contributed by atoms with van der Waals surface area (Å²) in [6.45, 7) is 0. The molecule has 0 radical (unpaired) electrons. The summed E-state index contributed by atoms with van der Waals surface area (Å²) in [5, 5.41) is 18.2. The third kappa shape index (κ3) is 2.67. The fourth-order valence-corrected chi connectivity index (χ4v) is 1.66. The van der Waals surface area contributed by atoms with Crippen molar-refractivity contribution in [3.8, 4) is 16.9 Å². The second-order valence-corrected chi connectivity index (χ2v) is 3.73. The van der Waals surface area contributed by atoms with Gasteiger partial charge in [-0.25, -0.2) is 0 Å². The molecular weight excluding hydrogens is 215 g/mol. The van der Waals surface area contributed by atoms with Gasteiger partial charge in [0.25, 0.3) is 0 Å². The standard InChI is InChI=1S/C13H13BO3/c1-17-13-7-5-10(6-8-13)11-3-2-4-12(9-11)14(15)16/h2-9,15-16H,1H3. The molecule has 17 heavy (non-hydrogen) atoms. The van der Waals surface area contributed by atoms with Gasteiger partial charge in [0.15, 0.2) is 0 Å². The van der Waals surface area contributed by atoms with Gasteiger partial charge in [-0.1, -0.05) is 36.4 Å². The van der Waals surface area contributed by atoms with Crippen LogP contribution < -0.4 is 10.2 Å². The minimum Gasteiger partial charge on any atom is -0.497 e. The highest BCUT2D eigenvalue weighted by Gasteiger charge is 2.11. The maximum absolute atomic E-state index is 9.11. The van der Waals surface area contributed by atoms with E-state index < -0.39 is 7.12 Å². The maximum atomic E-state index is 9.11. The summed E-state index contributed by atoms with van der Waals surface area (Å²) in [7, 11) is 0.186. The Morgan fingerprint density at radius 2 is 1.65 bits per heavy atom. The summed E-state index contributed by atoms with van der Waals surface area (Å²) < 4.78 is 5.09. The van der Waals surface area contributed by atoms with Gasteiger partial charge in [0.1, 0.15) is 5.75 Å². The minimum absolute atomic E-state index is 0.485. The Labute approximate surface area is 100 Å². The van der Waals surface area contributed by atoms with Crippen LogP contribution in [0.2, 0.25) is 0 Å². The van der Waals surface area contributed by atoms with Crippen LogP contribution in [0.4, 0.5) is 0 Å². The molecule has 2 aromatic carbocycles. The average Bonchev–Trinajstić information content (AvgIpc) is 2.39. The Morgan fingerprint density at radius 1 is 0.941 bits per heavy atom. The fourth-order valence-electron chi connectivity index (χ4n) is 1.66. The molecular formula is C13H13BO3. The lowest BCUT2D eigenvalue weighted by Gasteiger charge is -2.06. The molecule has 0 aliphatic rings. The van der Waals surface area contributed by atoms with Crippen molar-refractivity contribution in [3.63, 3.8) is 0 Å². The number of benzene rings is 2. The van der Waals surface area contributed by atoms with E-state index in [4.69, 9.17) is 14.8 Å². The molecule has 0 aromatic heterocycles. The van der Waals surface area contributed by atoms with Crippen LogP contribution in [0.1, 0.15) is 0 Å². The van der Waals surface area contributed by atoms with Crippen LogP contribution >= 0.6 is 0 Å². The van der Waals surface area contributed by atoms with E-state index in [9.17, 15) is 0 Å². The van der Waals surface area contributed by atoms with Gasteiger partial charge >= 0.3 is 7.12 Å². The van der Waals surface area contributed by atoms with Gasteiger partial charge in [0.05, 0.1) is 7.11 Å². The highest BCUT2D eigenvalue weighted by atomic mass is 16.5. The molecule has 2 aromatic rings. The molecule has 0 fully saturated rings. The number of hydrogen-bond acceptors (Lipinski definition) is 3. The summed E-state index contributed by atoms with van der Waals surface area (Å²) in [6.07, 6.45) is 0. The van der Waals surface area contributed by atoms with Crippen molar-refractivity contribution in [3.05, 3.63) is 48.5 Å². The second-order valence-electron chi connectivity index (χ2n) is 3.73. The first-order chi connectivity index (χ1) is 8.20.